The van der Waals surface area contributed by atoms with Gasteiger partial charge in [-0.05, 0) is 37.6 Å². The summed E-state index contributed by atoms with van der Waals surface area (Å²) >= 11 is 3.32. The summed E-state index contributed by atoms with van der Waals surface area (Å²) in [6.45, 7) is 1.40. The lowest BCUT2D eigenvalue weighted by molar-refractivity contribution is -0.138. The summed E-state index contributed by atoms with van der Waals surface area (Å²) in [5, 5.41) is 11.7. The summed E-state index contributed by atoms with van der Waals surface area (Å²) in [6.07, 6.45) is 6.14. The minimum Gasteiger partial charge on any atom is -0.480 e. The molecule has 1 aliphatic carbocycles. The first-order chi connectivity index (χ1) is 16.7. The maximum Gasteiger partial charge on any atom is 0.459 e. The van der Waals surface area contributed by atoms with Gasteiger partial charge in [-0.15, -0.1) is 0 Å². The van der Waals surface area contributed by atoms with E-state index in [4.69, 9.17) is 19.5 Å². The van der Waals surface area contributed by atoms with Gasteiger partial charge in [0.25, 0.3) is 0 Å². The van der Waals surface area contributed by atoms with Gasteiger partial charge < -0.3 is 24.7 Å². The van der Waals surface area contributed by atoms with E-state index in [0.717, 1.165) is 4.47 Å². The molecule has 0 radical (unpaired) electrons. The van der Waals surface area contributed by atoms with Crippen LogP contribution in [0, 0.1) is 5.92 Å². The molecular weight excluding hydrogens is 543 g/mol. The van der Waals surface area contributed by atoms with Crippen molar-refractivity contribution in [3.63, 3.8) is 0 Å². The number of hydrogen-bond donors (Lipinski definition) is 3. The highest BCUT2D eigenvalue weighted by molar-refractivity contribution is 9.10. The van der Waals surface area contributed by atoms with Crippen molar-refractivity contribution in [2.24, 2.45) is 5.92 Å². The van der Waals surface area contributed by atoms with Gasteiger partial charge in [0.15, 0.2) is 11.2 Å². The number of carboxylic acids is 1. The van der Waals surface area contributed by atoms with Crippen LogP contribution in [0.15, 0.2) is 47.2 Å². The number of nitrogens with one attached hydrogen (secondary N) is 1. The second-order valence-electron chi connectivity index (χ2n) is 7.89. The van der Waals surface area contributed by atoms with Crippen LogP contribution in [0.3, 0.4) is 0 Å². The normalized spacial score (nSPS) is 20.0. The van der Waals surface area contributed by atoms with Crippen molar-refractivity contribution in [3.8, 4) is 11.6 Å². The Morgan fingerprint density at radius 3 is 2.77 bits per heavy atom. The third kappa shape index (κ3) is 5.81. The quantitative estimate of drug-likeness (QED) is 0.242. The summed E-state index contributed by atoms with van der Waals surface area (Å²) in [7, 11) is -2.52. The number of halogens is 1. The molecule has 0 saturated carbocycles. The minimum absolute atomic E-state index is 0.0349. The fourth-order valence-corrected chi connectivity index (χ4v) is 5.40. The lowest BCUT2D eigenvalue weighted by Gasteiger charge is -2.23. The summed E-state index contributed by atoms with van der Waals surface area (Å²) in [5.41, 5.74) is 6.83. The largest absolute Gasteiger partial charge is 0.480 e. The molecule has 0 bridgehead atoms. The van der Waals surface area contributed by atoms with Gasteiger partial charge in [0, 0.05) is 10.4 Å². The predicted octanol–water partition coefficient (Wildman–Crippen LogP) is 3.56. The molecule has 4 N–H and O–H groups in total. The molecule has 2 aromatic heterocycles. The van der Waals surface area contributed by atoms with Gasteiger partial charge in [0.1, 0.15) is 11.8 Å². The Hall–Kier alpha value is -2.99. The van der Waals surface area contributed by atoms with Crippen LogP contribution in [-0.4, -0.2) is 50.4 Å². The molecule has 0 saturated heterocycles. The molecule has 14 heteroatoms. The molecule has 35 heavy (non-hydrogen) atoms. The van der Waals surface area contributed by atoms with E-state index in [1.54, 1.807) is 30.6 Å². The number of anilines is 1. The van der Waals surface area contributed by atoms with E-state index in [1.165, 1.54) is 14.0 Å². The molecule has 0 amide bonds. The van der Waals surface area contributed by atoms with Crippen LogP contribution >= 0.6 is 23.7 Å². The van der Waals surface area contributed by atoms with Gasteiger partial charge in [-0.25, -0.2) is 9.55 Å². The number of hydrogen-bond acceptors (Lipinski definition) is 9. The van der Waals surface area contributed by atoms with Crippen LogP contribution in [-0.2, 0) is 13.9 Å². The highest BCUT2D eigenvalue weighted by Crippen LogP contribution is 2.46. The molecule has 186 valence electrons. The number of methoxy groups -OCH3 is 1. The first-order valence-electron chi connectivity index (χ1n) is 10.6. The van der Waals surface area contributed by atoms with Crippen molar-refractivity contribution < 1.29 is 28.3 Å². The Morgan fingerprint density at radius 1 is 1.34 bits per heavy atom. The maximum absolute atomic E-state index is 13.4. The zero-order valence-corrected chi connectivity index (χ0v) is 21.3. The Kier molecular flexibility index (Phi) is 7.41. The number of aromatic nitrogens is 4. The third-order valence-corrected chi connectivity index (χ3v) is 7.50. The fourth-order valence-electron chi connectivity index (χ4n) is 3.58. The molecule has 0 aliphatic heterocycles. The second-order valence-corrected chi connectivity index (χ2v) is 10.5. The standard InChI is InChI=1S/C21H24BrN6O6P/c1-12(20(29)30)27-35(31,34-16-7-4-14(22)5-8-16)33-10-13-3-6-15(9-13)28-11-24-17-18(28)25-21(23)26-19(17)32-2/h3-8,11-13,15H,9-10H2,1-2H3,(H,27,31)(H,29,30)(H2,23,25,26)/t12-,13-,15+,35?/m1/s1. The van der Waals surface area contributed by atoms with Crippen LogP contribution in [0.25, 0.3) is 11.2 Å². The number of nitrogen functional groups attached to an aromatic ring is 1. The van der Waals surface area contributed by atoms with Gasteiger partial charge in [0.05, 0.1) is 26.1 Å². The van der Waals surface area contributed by atoms with E-state index < -0.39 is 19.8 Å². The Bertz CT molecular complexity index is 1300. The number of rotatable bonds is 10. The smallest absolute Gasteiger partial charge is 0.459 e. The van der Waals surface area contributed by atoms with E-state index in [9.17, 15) is 14.5 Å². The zero-order chi connectivity index (χ0) is 25.2. The molecule has 3 aromatic rings. The number of fused-ring (bicyclic) bond motifs is 1. The topological polar surface area (TPSA) is 164 Å². The minimum atomic E-state index is -4.01. The van der Waals surface area contributed by atoms with Crippen LogP contribution in [0.4, 0.5) is 5.95 Å². The van der Waals surface area contributed by atoms with Crippen LogP contribution in [0.2, 0.25) is 0 Å². The Balaban J connectivity index is 1.46. The van der Waals surface area contributed by atoms with E-state index in [1.807, 2.05) is 16.7 Å². The Morgan fingerprint density at radius 2 is 2.09 bits per heavy atom. The molecule has 4 rings (SSSR count). The molecule has 0 fully saturated rings. The first-order valence-corrected chi connectivity index (χ1v) is 12.9. The summed E-state index contributed by atoms with van der Waals surface area (Å²) < 4.78 is 32.6. The van der Waals surface area contributed by atoms with Crippen LogP contribution in [0.1, 0.15) is 19.4 Å². The van der Waals surface area contributed by atoms with Crippen molar-refractivity contribution >= 4 is 46.8 Å². The number of allylic oxidation sites excluding steroid dienone is 1. The number of carbonyl (C=O) groups is 1. The number of ether oxygens (including phenoxy) is 1. The molecule has 1 aliphatic rings. The lowest BCUT2D eigenvalue weighted by Crippen LogP contribution is -2.33. The van der Waals surface area contributed by atoms with Gasteiger partial charge in [-0.3, -0.25) is 9.32 Å². The van der Waals surface area contributed by atoms with Crippen molar-refractivity contribution in [1.29, 1.82) is 0 Å². The number of aliphatic carboxylic acids is 1. The van der Waals surface area contributed by atoms with Gasteiger partial charge in [0.2, 0.25) is 11.8 Å². The molecule has 2 heterocycles. The molecular formula is C21H24BrN6O6P. The van der Waals surface area contributed by atoms with E-state index in [2.05, 4.69) is 36.0 Å². The maximum atomic E-state index is 13.4. The summed E-state index contributed by atoms with van der Waals surface area (Å²) in [6, 6.07) is 5.37. The van der Waals surface area contributed by atoms with E-state index in [0.29, 0.717) is 17.6 Å². The number of imidazole rings is 1. The number of carboxylic acid groups (broad SMARTS) is 1. The highest BCUT2D eigenvalue weighted by atomic mass is 79.9. The molecule has 4 atom stereocenters. The highest BCUT2D eigenvalue weighted by Gasteiger charge is 2.33. The summed E-state index contributed by atoms with van der Waals surface area (Å²) in [5.74, 6) is -0.669. The second kappa shape index (κ2) is 10.3. The monoisotopic (exact) mass is 566 g/mol. The van der Waals surface area contributed by atoms with Gasteiger partial charge >= 0.3 is 13.7 Å². The molecule has 12 nitrogen and oxygen atoms in total. The van der Waals surface area contributed by atoms with Crippen LogP contribution < -0.4 is 20.1 Å². The molecule has 1 unspecified atom stereocenters. The predicted molar refractivity (Wildman–Crippen MR) is 131 cm³/mol. The third-order valence-electron chi connectivity index (χ3n) is 5.33. The van der Waals surface area contributed by atoms with Crippen molar-refractivity contribution in [3.05, 3.63) is 47.2 Å². The SMILES string of the molecule is COc1nc(N)nc2c1ncn2[C@H]1C=C[C@@H](COP(=O)(N[C@H](C)C(=O)O)Oc2ccc(Br)cc2)C1. The zero-order valence-electron chi connectivity index (χ0n) is 18.9. The number of nitrogens with zero attached hydrogens (tertiary/aromatic N) is 4. The van der Waals surface area contributed by atoms with Crippen molar-refractivity contribution in [1.82, 2.24) is 24.6 Å². The number of benzene rings is 1. The number of nitrogens with two attached hydrogens (primary N) is 1. The average molecular weight is 567 g/mol. The van der Waals surface area contributed by atoms with E-state index in [-0.39, 0.29) is 36.1 Å². The Labute approximate surface area is 209 Å². The van der Waals surface area contributed by atoms with Crippen molar-refractivity contribution in [2.75, 3.05) is 19.5 Å². The van der Waals surface area contributed by atoms with Crippen LogP contribution in [0.5, 0.6) is 11.6 Å². The average Bonchev–Trinajstić information content (AvgIpc) is 3.45. The van der Waals surface area contributed by atoms with E-state index >= 15 is 0 Å². The first kappa shape index (κ1) is 25.1. The van der Waals surface area contributed by atoms with Gasteiger partial charge in [-0.2, -0.15) is 15.1 Å². The fraction of sp³-hybridized carbons (Fsp3) is 0.333. The molecule has 0 spiro atoms. The lowest BCUT2D eigenvalue weighted by atomic mass is 10.1. The summed E-state index contributed by atoms with van der Waals surface area (Å²) in [4.78, 5) is 24.0. The van der Waals surface area contributed by atoms with Gasteiger partial charge in [-0.1, -0.05) is 28.1 Å². The molecule has 1 aromatic carbocycles. The van der Waals surface area contributed by atoms with Crippen molar-refractivity contribution in [2.45, 2.75) is 25.4 Å².